The number of hydrogen-bond donors (Lipinski definition) is 3. The molecule has 11 nitrogen and oxygen atoms in total. The number of nitrogens with one attached hydrogen (secondary N) is 3. The fourth-order valence-electron chi connectivity index (χ4n) is 4.26. The van der Waals surface area contributed by atoms with E-state index in [2.05, 4.69) is 34.8 Å². The van der Waals surface area contributed by atoms with Gasteiger partial charge in [0.15, 0.2) is 0 Å². The Kier molecular flexibility index (Phi) is 8.24. The average Bonchev–Trinajstić information content (AvgIpc) is 3.44. The van der Waals surface area contributed by atoms with Crippen molar-refractivity contribution in [1.29, 1.82) is 0 Å². The standard InChI is InChI=1S/C24H21N5O6S.C3H8/c1-11(21-28-19-16(35-2)4-3-5-17(19)36-21)25-24(34)26-12-6-7-13-14(10-12)23(33)29(22(13)32)15-8-9-18(30)27-20(15)31;1-3-2/h3-7,10-11,15H,8-9H2,1-2H3,(H2,25,26,34)(H,27,30,31);3H2,1-2H3. The summed E-state index contributed by atoms with van der Waals surface area (Å²) in [6.07, 6.45) is 1.36. The van der Waals surface area contributed by atoms with E-state index in [-0.39, 0.29) is 24.0 Å². The molecule has 5 rings (SSSR count). The van der Waals surface area contributed by atoms with Gasteiger partial charge in [-0.25, -0.2) is 9.78 Å². The number of urea groups is 1. The number of benzene rings is 2. The Labute approximate surface area is 228 Å². The van der Waals surface area contributed by atoms with Crippen LogP contribution in [0.3, 0.4) is 0 Å². The third-order valence-electron chi connectivity index (χ3n) is 6.03. The van der Waals surface area contributed by atoms with Crippen LogP contribution in [0.5, 0.6) is 5.75 Å². The van der Waals surface area contributed by atoms with Gasteiger partial charge in [0.2, 0.25) is 11.8 Å². The number of imide groups is 2. The first-order valence-electron chi connectivity index (χ1n) is 12.5. The zero-order valence-electron chi connectivity index (χ0n) is 22.0. The fraction of sp³-hybridized carbons (Fsp3) is 0.333. The lowest BCUT2D eigenvalue weighted by Crippen LogP contribution is -2.54. The summed E-state index contributed by atoms with van der Waals surface area (Å²) in [4.78, 5) is 67.5. The predicted octanol–water partition coefficient (Wildman–Crippen LogP) is 4.01. The van der Waals surface area contributed by atoms with Crippen LogP contribution < -0.4 is 20.7 Å². The number of ether oxygens (including phenoxy) is 1. The maximum Gasteiger partial charge on any atom is 0.319 e. The molecule has 3 heterocycles. The van der Waals surface area contributed by atoms with Gasteiger partial charge in [0, 0.05) is 12.1 Å². The van der Waals surface area contributed by atoms with E-state index in [1.165, 1.54) is 36.0 Å². The SMILES string of the molecule is CCC.COc1cccc2sc(C(C)NC(=O)Nc3ccc4c(c3)C(=O)N(C3CCC(=O)NC3=O)C4=O)nc12. The number of carbonyl (C=O) groups is 5. The zero-order valence-corrected chi connectivity index (χ0v) is 22.8. The van der Waals surface area contributed by atoms with E-state index in [4.69, 9.17) is 4.74 Å². The third-order valence-corrected chi connectivity index (χ3v) is 7.24. The van der Waals surface area contributed by atoms with Gasteiger partial charge in [-0.3, -0.25) is 29.4 Å². The number of nitrogens with zero attached hydrogens (tertiary/aromatic N) is 2. The lowest BCUT2D eigenvalue weighted by atomic mass is 10.0. The van der Waals surface area contributed by atoms with E-state index in [9.17, 15) is 24.0 Å². The molecule has 2 aliphatic rings. The molecule has 2 aliphatic heterocycles. The van der Waals surface area contributed by atoms with Crippen molar-refractivity contribution in [3.8, 4) is 5.75 Å². The molecular formula is C27H29N5O6S. The molecule has 204 valence electrons. The second-order valence-electron chi connectivity index (χ2n) is 9.09. The number of aromatic nitrogens is 1. The molecule has 12 heteroatoms. The average molecular weight is 552 g/mol. The second-order valence-corrected chi connectivity index (χ2v) is 10.2. The molecule has 0 radical (unpaired) electrons. The number of thiazole rings is 1. The number of amides is 6. The fourth-order valence-corrected chi connectivity index (χ4v) is 5.25. The number of fused-ring (bicyclic) bond motifs is 2. The summed E-state index contributed by atoms with van der Waals surface area (Å²) in [5.41, 5.74) is 1.23. The zero-order chi connectivity index (χ0) is 28.3. The first-order chi connectivity index (χ1) is 18.7. The first kappa shape index (κ1) is 27.7. The van der Waals surface area contributed by atoms with Gasteiger partial charge in [0.05, 0.1) is 29.0 Å². The summed E-state index contributed by atoms with van der Waals surface area (Å²) in [6.45, 7) is 6.05. The molecule has 0 saturated carbocycles. The molecule has 2 aromatic carbocycles. The predicted molar refractivity (Wildman–Crippen MR) is 146 cm³/mol. The molecular weight excluding hydrogens is 522 g/mol. The summed E-state index contributed by atoms with van der Waals surface area (Å²) < 4.78 is 6.27. The molecule has 0 bridgehead atoms. The van der Waals surface area contributed by atoms with Gasteiger partial charge in [-0.05, 0) is 43.7 Å². The maximum absolute atomic E-state index is 13.0. The van der Waals surface area contributed by atoms with Crippen LogP contribution in [0.2, 0.25) is 0 Å². The van der Waals surface area contributed by atoms with E-state index in [0.29, 0.717) is 16.4 Å². The summed E-state index contributed by atoms with van der Waals surface area (Å²) in [5, 5.41) is 8.33. The summed E-state index contributed by atoms with van der Waals surface area (Å²) >= 11 is 1.44. The number of rotatable bonds is 5. The van der Waals surface area contributed by atoms with Crippen molar-refractivity contribution in [1.82, 2.24) is 20.5 Å². The van der Waals surface area contributed by atoms with Crippen molar-refractivity contribution in [3.05, 3.63) is 52.5 Å². The minimum Gasteiger partial charge on any atom is -0.494 e. The van der Waals surface area contributed by atoms with Gasteiger partial charge in [0.25, 0.3) is 11.8 Å². The summed E-state index contributed by atoms with van der Waals surface area (Å²) in [5.74, 6) is -1.73. The third kappa shape index (κ3) is 5.60. The van der Waals surface area contributed by atoms with Crippen LogP contribution in [0, 0.1) is 0 Å². The van der Waals surface area contributed by atoms with Crippen molar-refractivity contribution in [3.63, 3.8) is 0 Å². The molecule has 0 aliphatic carbocycles. The van der Waals surface area contributed by atoms with Gasteiger partial charge < -0.3 is 15.4 Å². The van der Waals surface area contributed by atoms with Crippen molar-refractivity contribution in [2.75, 3.05) is 12.4 Å². The molecule has 6 amide bonds. The second kappa shape index (κ2) is 11.6. The van der Waals surface area contributed by atoms with Crippen molar-refractivity contribution in [2.45, 2.75) is 52.1 Å². The molecule has 1 aromatic heterocycles. The van der Waals surface area contributed by atoms with Gasteiger partial charge in [-0.15, -0.1) is 11.3 Å². The quantitative estimate of drug-likeness (QED) is 0.406. The molecule has 3 N–H and O–H groups in total. The van der Waals surface area contributed by atoms with Crippen molar-refractivity contribution in [2.24, 2.45) is 0 Å². The van der Waals surface area contributed by atoms with E-state index in [0.717, 1.165) is 15.1 Å². The van der Waals surface area contributed by atoms with Crippen LogP contribution in [-0.2, 0) is 9.59 Å². The van der Waals surface area contributed by atoms with Crippen LogP contribution in [0.1, 0.15) is 71.8 Å². The molecule has 1 saturated heterocycles. The smallest absolute Gasteiger partial charge is 0.319 e. The molecule has 3 aromatic rings. The number of piperidine rings is 1. The number of carbonyl (C=O) groups excluding carboxylic acids is 5. The minimum absolute atomic E-state index is 0.0381. The molecule has 0 spiro atoms. The lowest BCUT2D eigenvalue weighted by Gasteiger charge is -2.27. The topological polar surface area (TPSA) is 147 Å². The van der Waals surface area contributed by atoms with Crippen LogP contribution >= 0.6 is 11.3 Å². The largest absolute Gasteiger partial charge is 0.494 e. The van der Waals surface area contributed by atoms with Crippen LogP contribution in [0.25, 0.3) is 10.2 Å². The molecule has 39 heavy (non-hydrogen) atoms. The van der Waals surface area contributed by atoms with Crippen LogP contribution in [0.15, 0.2) is 36.4 Å². The number of methoxy groups -OCH3 is 1. The highest BCUT2D eigenvalue weighted by atomic mass is 32.1. The highest BCUT2D eigenvalue weighted by molar-refractivity contribution is 7.18. The van der Waals surface area contributed by atoms with Crippen molar-refractivity contribution < 1.29 is 28.7 Å². The summed E-state index contributed by atoms with van der Waals surface area (Å²) in [6, 6.07) is 7.96. The van der Waals surface area contributed by atoms with Crippen LogP contribution in [-0.4, -0.2) is 52.7 Å². The Balaban J connectivity index is 0.00000112. The number of para-hydroxylation sites is 1. The van der Waals surface area contributed by atoms with E-state index in [1.54, 1.807) is 14.0 Å². The Morgan fingerprint density at radius 1 is 1.15 bits per heavy atom. The van der Waals surface area contributed by atoms with Gasteiger partial charge in [0.1, 0.15) is 22.3 Å². The van der Waals surface area contributed by atoms with E-state index >= 15 is 0 Å². The number of anilines is 1. The maximum atomic E-state index is 13.0. The Bertz CT molecular complexity index is 1470. The lowest BCUT2D eigenvalue weighted by molar-refractivity contribution is -0.136. The van der Waals surface area contributed by atoms with Crippen molar-refractivity contribution >= 4 is 56.9 Å². The molecule has 2 unspecified atom stereocenters. The normalized spacial score (nSPS) is 17.2. The Morgan fingerprint density at radius 2 is 1.87 bits per heavy atom. The van der Waals surface area contributed by atoms with Gasteiger partial charge in [-0.1, -0.05) is 26.3 Å². The van der Waals surface area contributed by atoms with Crippen LogP contribution in [0.4, 0.5) is 10.5 Å². The monoisotopic (exact) mass is 551 g/mol. The van der Waals surface area contributed by atoms with E-state index in [1.807, 2.05) is 18.2 Å². The highest BCUT2D eigenvalue weighted by Gasteiger charge is 2.44. The summed E-state index contributed by atoms with van der Waals surface area (Å²) in [7, 11) is 1.57. The number of hydrogen-bond acceptors (Lipinski definition) is 8. The molecule has 1 fully saturated rings. The molecule has 2 atom stereocenters. The van der Waals surface area contributed by atoms with E-state index < -0.39 is 41.7 Å². The minimum atomic E-state index is -1.05. The highest BCUT2D eigenvalue weighted by Crippen LogP contribution is 2.32. The first-order valence-corrected chi connectivity index (χ1v) is 13.4. The van der Waals surface area contributed by atoms with Gasteiger partial charge >= 0.3 is 6.03 Å². The Morgan fingerprint density at radius 3 is 2.56 bits per heavy atom. The Hall–Kier alpha value is -4.32. The van der Waals surface area contributed by atoms with Gasteiger partial charge in [-0.2, -0.15) is 0 Å².